The maximum Gasteiger partial charge on any atom is 0.122 e. The summed E-state index contributed by atoms with van der Waals surface area (Å²) in [5, 5.41) is 11.3. The van der Waals surface area contributed by atoms with Gasteiger partial charge in [-0.2, -0.15) is 0 Å². The van der Waals surface area contributed by atoms with Crippen molar-refractivity contribution in [3.8, 4) is 5.75 Å². The van der Waals surface area contributed by atoms with E-state index in [2.05, 4.69) is 19.1 Å². The second-order valence-corrected chi connectivity index (χ2v) is 7.49. The molecule has 128 valence electrons. The number of allylic oxidation sites excluding steroid dienone is 2. The van der Waals surface area contributed by atoms with Gasteiger partial charge in [-0.1, -0.05) is 48.7 Å². The van der Waals surface area contributed by atoms with Crippen LogP contribution in [0.2, 0.25) is 10.0 Å². The Kier molecular flexibility index (Phi) is 7.55. The quantitative estimate of drug-likeness (QED) is 0.486. The number of alkyl halides is 1. The normalized spacial score (nSPS) is 27.7. The van der Waals surface area contributed by atoms with Crippen LogP contribution in [0.1, 0.15) is 32.6 Å². The summed E-state index contributed by atoms with van der Waals surface area (Å²) in [6.45, 7) is 2.56. The van der Waals surface area contributed by atoms with Crippen LogP contribution in [0.5, 0.6) is 5.75 Å². The van der Waals surface area contributed by atoms with Gasteiger partial charge in [0.25, 0.3) is 0 Å². The monoisotopic (exact) mass is 376 g/mol. The van der Waals surface area contributed by atoms with E-state index in [1.54, 1.807) is 18.2 Å². The SMILES string of the molecule is CCC/C=C\C[C@@H]1[C@@H](COc2cc(Cl)cc(Cl)c2)[C@H](O)C[C@H]1Cl. The summed E-state index contributed by atoms with van der Waals surface area (Å²) < 4.78 is 5.82. The molecule has 1 N–H and O–H groups in total. The molecule has 2 rings (SSSR count). The molecule has 1 aromatic rings. The second kappa shape index (κ2) is 9.17. The Hall–Kier alpha value is -0.410. The Morgan fingerprint density at radius 2 is 1.87 bits per heavy atom. The zero-order chi connectivity index (χ0) is 16.8. The Bertz CT molecular complexity index is 513. The summed E-state index contributed by atoms with van der Waals surface area (Å²) in [6.07, 6.45) is 7.61. The van der Waals surface area contributed by atoms with Crippen LogP contribution in [-0.2, 0) is 0 Å². The zero-order valence-electron chi connectivity index (χ0n) is 13.2. The number of ether oxygens (including phenoxy) is 1. The van der Waals surface area contributed by atoms with Crippen molar-refractivity contribution in [2.24, 2.45) is 11.8 Å². The third kappa shape index (κ3) is 5.56. The number of hydrogen-bond acceptors (Lipinski definition) is 2. The van der Waals surface area contributed by atoms with Crippen molar-refractivity contribution in [1.29, 1.82) is 0 Å². The summed E-state index contributed by atoms with van der Waals surface area (Å²) in [7, 11) is 0. The number of halogens is 3. The van der Waals surface area contributed by atoms with E-state index in [9.17, 15) is 5.11 Å². The number of unbranched alkanes of at least 4 members (excludes halogenated alkanes) is 1. The minimum Gasteiger partial charge on any atom is -0.493 e. The van der Waals surface area contributed by atoms with Gasteiger partial charge in [0.1, 0.15) is 5.75 Å². The molecule has 1 fully saturated rings. The maximum atomic E-state index is 10.3. The summed E-state index contributed by atoms with van der Waals surface area (Å²) in [4.78, 5) is 0. The molecule has 4 atom stereocenters. The van der Waals surface area contributed by atoms with Gasteiger partial charge in [-0.3, -0.25) is 0 Å². The van der Waals surface area contributed by atoms with Crippen LogP contribution in [0.3, 0.4) is 0 Å². The van der Waals surface area contributed by atoms with Crippen molar-refractivity contribution in [2.75, 3.05) is 6.61 Å². The largest absolute Gasteiger partial charge is 0.493 e. The average molecular weight is 378 g/mol. The molecule has 0 bridgehead atoms. The summed E-state index contributed by atoms with van der Waals surface area (Å²) in [5.74, 6) is 0.851. The molecule has 1 aliphatic carbocycles. The van der Waals surface area contributed by atoms with Crippen LogP contribution in [0, 0.1) is 11.8 Å². The first-order valence-electron chi connectivity index (χ1n) is 8.07. The fourth-order valence-corrected chi connectivity index (χ4v) is 4.01. The van der Waals surface area contributed by atoms with Gasteiger partial charge < -0.3 is 9.84 Å². The molecule has 0 unspecified atom stereocenters. The smallest absolute Gasteiger partial charge is 0.122 e. The highest BCUT2D eigenvalue weighted by molar-refractivity contribution is 6.34. The standard InChI is InChI=1S/C18H23Cl3O2/c1-2-3-4-5-6-15-16(18(22)10-17(15)21)11-23-14-8-12(19)7-13(20)9-14/h4-5,7-9,15-18,22H,2-3,6,10-11H2,1H3/b5-4-/t15-,16-,17-,18-/m1/s1. The van der Waals surface area contributed by atoms with Gasteiger partial charge in [-0.15, -0.1) is 11.6 Å². The predicted molar refractivity (Wildman–Crippen MR) is 97.9 cm³/mol. The number of rotatable bonds is 7. The van der Waals surface area contributed by atoms with E-state index in [0.29, 0.717) is 28.8 Å². The van der Waals surface area contributed by atoms with Crippen molar-refractivity contribution in [1.82, 2.24) is 0 Å². The van der Waals surface area contributed by atoms with Crippen molar-refractivity contribution in [3.05, 3.63) is 40.4 Å². The van der Waals surface area contributed by atoms with E-state index in [1.807, 2.05) is 0 Å². The Labute approximate surface area is 153 Å². The summed E-state index contributed by atoms with van der Waals surface area (Å²) >= 11 is 18.4. The molecule has 0 radical (unpaired) electrons. The van der Waals surface area contributed by atoms with Gasteiger partial charge >= 0.3 is 0 Å². The van der Waals surface area contributed by atoms with Crippen LogP contribution >= 0.6 is 34.8 Å². The Morgan fingerprint density at radius 3 is 2.52 bits per heavy atom. The lowest BCUT2D eigenvalue weighted by molar-refractivity contribution is 0.0807. The van der Waals surface area contributed by atoms with Crippen LogP contribution in [-0.4, -0.2) is 23.2 Å². The molecule has 1 aromatic carbocycles. The molecule has 0 amide bonds. The van der Waals surface area contributed by atoms with Gasteiger partial charge in [0.05, 0.1) is 12.7 Å². The van der Waals surface area contributed by atoms with Gasteiger partial charge in [0.2, 0.25) is 0 Å². The van der Waals surface area contributed by atoms with E-state index in [0.717, 1.165) is 19.3 Å². The Balaban J connectivity index is 1.97. The van der Waals surface area contributed by atoms with Gasteiger partial charge in [-0.05, 0) is 43.4 Å². The molecule has 1 aliphatic rings. The lowest BCUT2D eigenvalue weighted by Gasteiger charge is -2.22. The minimum atomic E-state index is -0.434. The highest BCUT2D eigenvalue weighted by Crippen LogP contribution is 2.39. The van der Waals surface area contributed by atoms with Crippen LogP contribution in [0.25, 0.3) is 0 Å². The molecular weight excluding hydrogens is 355 g/mol. The van der Waals surface area contributed by atoms with Crippen molar-refractivity contribution >= 4 is 34.8 Å². The van der Waals surface area contributed by atoms with Crippen molar-refractivity contribution < 1.29 is 9.84 Å². The number of benzene rings is 1. The number of aliphatic hydroxyl groups excluding tert-OH is 1. The lowest BCUT2D eigenvalue weighted by Crippen LogP contribution is -2.27. The summed E-state index contributed by atoms with van der Waals surface area (Å²) in [5.41, 5.74) is 0. The topological polar surface area (TPSA) is 29.5 Å². The highest BCUT2D eigenvalue weighted by atomic mass is 35.5. The molecule has 1 saturated carbocycles. The third-order valence-electron chi connectivity index (χ3n) is 4.28. The molecule has 2 nitrogen and oxygen atoms in total. The molecule has 0 spiro atoms. The zero-order valence-corrected chi connectivity index (χ0v) is 15.5. The van der Waals surface area contributed by atoms with Crippen molar-refractivity contribution in [3.63, 3.8) is 0 Å². The third-order valence-corrected chi connectivity index (χ3v) is 5.22. The van der Waals surface area contributed by atoms with Crippen LogP contribution in [0.15, 0.2) is 30.4 Å². The predicted octanol–water partition coefficient (Wildman–Crippen LogP) is 5.72. The van der Waals surface area contributed by atoms with E-state index >= 15 is 0 Å². The van der Waals surface area contributed by atoms with Gasteiger partial charge in [-0.25, -0.2) is 0 Å². The molecule has 0 saturated heterocycles. The highest BCUT2D eigenvalue weighted by Gasteiger charge is 2.41. The van der Waals surface area contributed by atoms with Crippen molar-refractivity contribution in [2.45, 2.75) is 44.1 Å². The van der Waals surface area contributed by atoms with E-state index in [1.165, 1.54) is 0 Å². The first kappa shape index (κ1) is 18.9. The number of aliphatic hydroxyl groups is 1. The Morgan fingerprint density at radius 1 is 1.17 bits per heavy atom. The van der Waals surface area contributed by atoms with Gasteiger partial charge in [0.15, 0.2) is 0 Å². The lowest BCUT2D eigenvalue weighted by atomic mass is 9.92. The first-order chi connectivity index (χ1) is 11.0. The molecule has 23 heavy (non-hydrogen) atoms. The summed E-state index contributed by atoms with van der Waals surface area (Å²) in [6, 6.07) is 5.11. The fraction of sp³-hybridized carbons (Fsp3) is 0.556. The minimum absolute atomic E-state index is 0.0153. The molecular formula is C18H23Cl3O2. The number of hydrogen-bond donors (Lipinski definition) is 1. The second-order valence-electron chi connectivity index (χ2n) is 6.06. The molecule has 0 heterocycles. The maximum absolute atomic E-state index is 10.3. The average Bonchev–Trinajstić information content (AvgIpc) is 2.74. The fourth-order valence-electron chi connectivity index (χ4n) is 3.03. The molecule has 5 heteroatoms. The van der Waals surface area contributed by atoms with Gasteiger partial charge in [0, 0.05) is 21.3 Å². The van der Waals surface area contributed by atoms with Crippen LogP contribution < -0.4 is 4.74 Å². The van der Waals surface area contributed by atoms with E-state index < -0.39 is 6.10 Å². The first-order valence-corrected chi connectivity index (χ1v) is 9.26. The van der Waals surface area contributed by atoms with Crippen LogP contribution in [0.4, 0.5) is 0 Å². The van der Waals surface area contributed by atoms with E-state index in [-0.39, 0.29) is 17.2 Å². The molecule has 0 aliphatic heterocycles. The van der Waals surface area contributed by atoms with E-state index in [4.69, 9.17) is 39.5 Å². The molecule has 0 aromatic heterocycles.